The van der Waals surface area contributed by atoms with E-state index in [2.05, 4.69) is 126 Å². The van der Waals surface area contributed by atoms with E-state index < -0.39 is 0 Å². The van der Waals surface area contributed by atoms with Crippen molar-refractivity contribution in [3.63, 3.8) is 0 Å². The van der Waals surface area contributed by atoms with Crippen LogP contribution in [0.3, 0.4) is 0 Å². The Bertz CT molecular complexity index is 2850. The molecule has 0 aliphatic carbocycles. The smallest absolute Gasteiger partial charge is 0.279 e. The third-order valence-electron chi connectivity index (χ3n) is 15.6. The second kappa shape index (κ2) is 29.9. The van der Waals surface area contributed by atoms with E-state index in [0.717, 1.165) is 82.2 Å². The van der Waals surface area contributed by atoms with E-state index in [1.165, 1.54) is 128 Å². The molecule has 408 valence electrons. The van der Waals surface area contributed by atoms with Gasteiger partial charge in [-0.25, -0.2) is 4.99 Å². The molecule has 0 bridgehead atoms. The van der Waals surface area contributed by atoms with Crippen LogP contribution in [0, 0.1) is 11.8 Å². The quantitative estimate of drug-likeness (QED) is 0.0367. The maximum atomic E-state index is 14.9. The number of anilines is 2. The van der Waals surface area contributed by atoms with E-state index in [4.69, 9.17) is 0 Å². The van der Waals surface area contributed by atoms with Crippen molar-refractivity contribution in [2.24, 2.45) is 16.8 Å². The fourth-order valence-electron chi connectivity index (χ4n) is 11.5. The van der Waals surface area contributed by atoms with Gasteiger partial charge in [-0.3, -0.25) is 14.4 Å². The summed E-state index contributed by atoms with van der Waals surface area (Å²) in [5.74, 6) is 0.513. The molecule has 2 atom stereocenters. The molecule has 3 amide bonds. The van der Waals surface area contributed by atoms with Gasteiger partial charge in [0.15, 0.2) is 5.88 Å². The highest BCUT2D eigenvalue weighted by Gasteiger charge is 2.43. The zero-order chi connectivity index (χ0) is 54.1. The highest BCUT2D eigenvalue weighted by Crippen LogP contribution is 2.49. The molecule has 3 aliphatic rings. The highest BCUT2D eigenvalue weighted by molar-refractivity contribution is 9.11. The maximum absolute atomic E-state index is 14.9. The number of amides is 3. The largest absolute Gasteiger partial charge is 0.494 e. The molecule has 12 heteroatoms. The SMILES string of the molecule is CCCCCCCCC(CCCCCC)CN1C(=O)/C(=C2/C(=O)N(CC(CCCCCC)CCCCCCCC)c3cc(Br)ccc32)c2ccc(Br)cc21.O=C1N=c2cc(Br)ccc2=C1c1c(O)[nH]c2cc(Br)ccc12. The first kappa shape index (κ1) is 59.8. The molecule has 1 aromatic heterocycles. The number of aromatic hydroxyl groups is 1. The maximum Gasteiger partial charge on any atom is 0.279 e. The first-order chi connectivity index (χ1) is 36.9. The summed E-state index contributed by atoms with van der Waals surface area (Å²) < 4.78 is 3.68. The first-order valence-corrected chi connectivity index (χ1v) is 32.0. The van der Waals surface area contributed by atoms with Crippen LogP contribution in [0.15, 0.2) is 95.7 Å². The van der Waals surface area contributed by atoms with Crippen molar-refractivity contribution in [2.75, 3.05) is 22.9 Å². The summed E-state index contributed by atoms with van der Waals surface area (Å²) in [5, 5.41) is 12.4. The molecule has 8 nitrogen and oxygen atoms in total. The second-order valence-electron chi connectivity index (χ2n) is 21.4. The zero-order valence-corrected chi connectivity index (χ0v) is 51.8. The minimum atomic E-state index is -0.341. The molecule has 3 aliphatic heterocycles. The van der Waals surface area contributed by atoms with Crippen LogP contribution in [0.1, 0.15) is 198 Å². The third-order valence-corrected chi connectivity index (χ3v) is 17.6. The van der Waals surface area contributed by atoms with E-state index in [1.54, 1.807) is 6.07 Å². The predicted molar refractivity (Wildman–Crippen MR) is 330 cm³/mol. The minimum Gasteiger partial charge on any atom is -0.494 e. The number of carbonyl (C=O) groups is 3. The number of halogens is 4. The topological polar surface area (TPSA) is 106 Å². The van der Waals surface area contributed by atoms with Crippen LogP contribution in [0.25, 0.3) is 27.6 Å². The Balaban J connectivity index is 0.000000313. The first-order valence-electron chi connectivity index (χ1n) is 28.8. The van der Waals surface area contributed by atoms with Gasteiger partial charge in [0, 0.05) is 52.7 Å². The Hall–Kier alpha value is -3.84. The molecule has 4 heterocycles. The number of aromatic amines is 1. The fraction of sp³-hybridized carbons (Fsp3) is 0.500. The van der Waals surface area contributed by atoms with Crippen LogP contribution in [0.5, 0.6) is 5.88 Å². The molecule has 2 unspecified atom stereocenters. The molecule has 0 fully saturated rings. The summed E-state index contributed by atoms with van der Waals surface area (Å²) in [6.45, 7) is 10.5. The number of aromatic nitrogens is 1. The van der Waals surface area contributed by atoms with Gasteiger partial charge in [0.2, 0.25) is 0 Å². The van der Waals surface area contributed by atoms with Gasteiger partial charge in [-0.15, -0.1) is 0 Å². The number of fused-ring (bicyclic) bond motifs is 4. The summed E-state index contributed by atoms with van der Waals surface area (Å²) in [7, 11) is 0. The van der Waals surface area contributed by atoms with Crippen molar-refractivity contribution in [1.82, 2.24) is 4.98 Å². The Morgan fingerprint density at radius 3 is 1.36 bits per heavy atom. The average molecular weight is 1290 g/mol. The zero-order valence-electron chi connectivity index (χ0n) is 45.5. The van der Waals surface area contributed by atoms with E-state index in [9.17, 15) is 19.5 Å². The number of carbonyl (C=O) groups excluding carboxylic acids is 3. The van der Waals surface area contributed by atoms with Crippen molar-refractivity contribution in [1.29, 1.82) is 0 Å². The molecular formula is C64H80Br4N4O4. The second-order valence-corrected chi connectivity index (χ2v) is 25.1. The Kier molecular flexibility index (Phi) is 23.6. The lowest BCUT2D eigenvalue weighted by molar-refractivity contribution is -0.114. The van der Waals surface area contributed by atoms with E-state index >= 15 is 0 Å². The number of nitrogens with one attached hydrogen (secondary N) is 1. The summed E-state index contributed by atoms with van der Waals surface area (Å²) >= 11 is 14.2. The molecule has 0 saturated carbocycles. The van der Waals surface area contributed by atoms with Crippen LogP contribution >= 0.6 is 63.7 Å². The van der Waals surface area contributed by atoms with Crippen molar-refractivity contribution >= 4 is 120 Å². The van der Waals surface area contributed by atoms with Crippen LogP contribution in [-0.4, -0.2) is 40.9 Å². The predicted octanol–water partition coefficient (Wildman–Crippen LogP) is 18.2. The molecule has 5 aromatic rings. The number of unbranched alkanes of at least 4 members (excludes halogenated alkanes) is 16. The van der Waals surface area contributed by atoms with Gasteiger partial charge in [0.05, 0.1) is 44.5 Å². The Morgan fingerprint density at radius 1 is 0.487 bits per heavy atom. The minimum absolute atomic E-state index is 0.00753. The monoisotopic (exact) mass is 1280 g/mol. The molecule has 2 N–H and O–H groups in total. The van der Waals surface area contributed by atoms with Crippen LogP contribution in [0.2, 0.25) is 0 Å². The lowest BCUT2D eigenvalue weighted by atomic mass is 9.93. The van der Waals surface area contributed by atoms with Crippen molar-refractivity contribution in [2.45, 2.75) is 182 Å². The lowest BCUT2D eigenvalue weighted by Crippen LogP contribution is -2.34. The summed E-state index contributed by atoms with van der Waals surface area (Å²) in [5.41, 5.74) is 6.55. The summed E-state index contributed by atoms with van der Waals surface area (Å²) in [6, 6.07) is 23.5. The fourth-order valence-corrected chi connectivity index (χ4v) is 12.9. The van der Waals surface area contributed by atoms with Gasteiger partial charge in [0.1, 0.15) is 0 Å². The molecule has 4 aromatic carbocycles. The number of nitrogens with zero attached hydrogens (tertiary/aromatic N) is 3. The van der Waals surface area contributed by atoms with Gasteiger partial charge in [0.25, 0.3) is 17.7 Å². The number of benzene rings is 4. The number of rotatable bonds is 29. The molecule has 8 rings (SSSR count). The number of hydrogen-bond donors (Lipinski definition) is 2. The van der Waals surface area contributed by atoms with Gasteiger partial charge < -0.3 is 19.9 Å². The number of hydrogen-bond acceptors (Lipinski definition) is 4. The molecular weight excluding hydrogens is 1210 g/mol. The standard InChI is InChI=1S/C48H72Br2N2O2.C16H8Br2N2O2/c1-5-9-13-17-19-23-27-37(25-21-15-11-7-3)35-51-43-33-39(49)29-31-41(43)45(47(51)53)46-42-32-30-40(50)34-44(42)52(48(46)54)36-38(26-22-16-12-8-4)28-24-20-18-14-10-6-2;17-7-1-3-9-11(5-7)19-15(21)13(9)14-10-4-2-8(18)6-12(10)20-16(14)22/h29-34,37-38H,5-28,35-36H2,1-4H3;1-6,19,21H/b46-45+;. The van der Waals surface area contributed by atoms with Crippen LogP contribution in [0.4, 0.5) is 11.4 Å². The highest BCUT2D eigenvalue weighted by atomic mass is 79.9. The Labute approximate surface area is 486 Å². The molecule has 0 radical (unpaired) electrons. The average Bonchev–Trinajstić information content (AvgIpc) is 4.11. The van der Waals surface area contributed by atoms with Crippen molar-refractivity contribution < 1.29 is 19.5 Å². The van der Waals surface area contributed by atoms with Crippen molar-refractivity contribution in [3.05, 3.63) is 118 Å². The van der Waals surface area contributed by atoms with Gasteiger partial charge >= 0.3 is 0 Å². The normalized spacial score (nSPS) is 15.6. The van der Waals surface area contributed by atoms with E-state index in [1.807, 2.05) is 52.3 Å². The molecule has 0 saturated heterocycles. The lowest BCUT2D eigenvalue weighted by Gasteiger charge is -2.25. The molecule has 0 spiro atoms. The number of H-pyrrole nitrogens is 1. The summed E-state index contributed by atoms with van der Waals surface area (Å²) in [6.07, 6.45) is 29.9. The van der Waals surface area contributed by atoms with Gasteiger partial charge in [-0.2, -0.15) is 0 Å². The third kappa shape index (κ3) is 15.3. The van der Waals surface area contributed by atoms with Gasteiger partial charge in [-0.1, -0.05) is 244 Å². The Morgan fingerprint density at radius 2 is 0.882 bits per heavy atom. The van der Waals surface area contributed by atoms with E-state index in [-0.39, 0.29) is 23.6 Å². The van der Waals surface area contributed by atoms with Crippen molar-refractivity contribution in [3.8, 4) is 5.88 Å². The molecule has 76 heavy (non-hydrogen) atoms. The van der Waals surface area contributed by atoms with Crippen LogP contribution in [-0.2, 0) is 14.4 Å². The summed E-state index contributed by atoms with van der Waals surface area (Å²) in [4.78, 5) is 53.2. The van der Waals surface area contributed by atoms with E-state index in [0.29, 0.717) is 52.6 Å². The van der Waals surface area contributed by atoms with Gasteiger partial charge in [-0.05, 0) is 86.1 Å². The van der Waals surface area contributed by atoms with Crippen LogP contribution < -0.4 is 20.4 Å².